The van der Waals surface area contributed by atoms with E-state index in [9.17, 15) is 4.79 Å². The van der Waals surface area contributed by atoms with Crippen LogP contribution in [0.5, 0.6) is 0 Å². The molecule has 1 amide bonds. The predicted octanol–water partition coefficient (Wildman–Crippen LogP) is 1.98. The fraction of sp³-hybridized carbons (Fsp3) is 0.733. The van der Waals surface area contributed by atoms with Crippen molar-refractivity contribution in [2.24, 2.45) is 0 Å². The number of thiazole rings is 1. The Labute approximate surface area is 131 Å². The summed E-state index contributed by atoms with van der Waals surface area (Å²) in [6.07, 6.45) is 0.912. The summed E-state index contributed by atoms with van der Waals surface area (Å²) < 4.78 is 0. The Hall–Kier alpha value is -0.980. The van der Waals surface area contributed by atoms with Gasteiger partial charge in [-0.05, 0) is 27.2 Å². The van der Waals surface area contributed by atoms with Gasteiger partial charge < -0.3 is 5.32 Å². The average Bonchev–Trinajstić information content (AvgIpc) is 2.79. The van der Waals surface area contributed by atoms with E-state index >= 15 is 0 Å². The third kappa shape index (κ3) is 4.49. The van der Waals surface area contributed by atoms with Crippen molar-refractivity contribution >= 4 is 22.4 Å². The number of carbonyl (C=O) groups excluding carboxylic acids is 1. The number of nitrogens with zero attached hydrogens (tertiary/aromatic N) is 3. The van der Waals surface area contributed by atoms with Crippen LogP contribution < -0.4 is 5.32 Å². The van der Waals surface area contributed by atoms with Crippen molar-refractivity contribution in [1.82, 2.24) is 14.8 Å². The van der Waals surface area contributed by atoms with Gasteiger partial charge in [0.2, 0.25) is 5.91 Å². The number of rotatable bonds is 5. The topological polar surface area (TPSA) is 48.5 Å². The number of carbonyl (C=O) groups is 1. The fourth-order valence-corrected chi connectivity index (χ4v) is 3.53. The Morgan fingerprint density at radius 1 is 1.33 bits per heavy atom. The molecule has 2 heterocycles. The lowest BCUT2D eigenvalue weighted by atomic mass is 10.2. The largest absolute Gasteiger partial charge is 0.301 e. The first-order valence-corrected chi connectivity index (χ1v) is 8.53. The monoisotopic (exact) mass is 310 g/mol. The summed E-state index contributed by atoms with van der Waals surface area (Å²) in [5.41, 5.74) is 1.08. The van der Waals surface area contributed by atoms with E-state index in [-0.39, 0.29) is 5.91 Å². The molecule has 0 bridgehead atoms. The second-order valence-corrected chi connectivity index (χ2v) is 7.03. The van der Waals surface area contributed by atoms with Crippen LogP contribution in [0.25, 0.3) is 0 Å². The van der Waals surface area contributed by atoms with Crippen LogP contribution in [-0.2, 0) is 11.2 Å². The van der Waals surface area contributed by atoms with Crippen molar-refractivity contribution in [3.05, 3.63) is 10.6 Å². The van der Waals surface area contributed by atoms with Crippen LogP contribution >= 0.6 is 11.3 Å². The molecule has 2 rings (SSSR count). The van der Waals surface area contributed by atoms with Crippen molar-refractivity contribution in [3.8, 4) is 0 Å². The van der Waals surface area contributed by atoms with Gasteiger partial charge in [-0.15, -0.1) is 11.3 Å². The maximum atomic E-state index is 12.1. The molecular weight excluding hydrogens is 284 g/mol. The molecule has 0 unspecified atom stereocenters. The lowest BCUT2D eigenvalue weighted by Crippen LogP contribution is -2.50. The van der Waals surface area contributed by atoms with Gasteiger partial charge in [0.15, 0.2) is 5.13 Å². The highest BCUT2D eigenvalue weighted by molar-refractivity contribution is 7.15. The Balaban J connectivity index is 1.80. The second kappa shape index (κ2) is 7.33. The third-order valence-corrected chi connectivity index (χ3v) is 4.91. The van der Waals surface area contributed by atoms with E-state index in [1.165, 1.54) is 4.88 Å². The van der Waals surface area contributed by atoms with E-state index in [1.807, 2.05) is 0 Å². The van der Waals surface area contributed by atoms with Gasteiger partial charge in [0, 0.05) is 37.1 Å². The smallest absolute Gasteiger partial charge is 0.240 e. The zero-order valence-corrected chi connectivity index (χ0v) is 14.3. The van der Waals surface area contributed by atoms with Gasteiger partial charge in [-0.1, -0.05) is 6.92 Å². The van der Waals surface area contributed by atoms with E-state index in [0.717, 1.165) is 43.4 Å². The van der Waals surface area contributed by atoms with E-state index < -0.39 is 0 Å². The molecule has 21 heavy (non-hydrogen) atoms. The van der Waals surface area contributed by atoms with Gasteiger partial charge in [-0.3, -0.25) is 14.6 Å². The van der Waals surface area contributed by atoms with Crippen molar-refractivity contribution in [3.63, 3.8) is 0 Å². The summed E-state index contributed by atoms with van der Waals surface area (Å²) in [5, 5.41) is 3.66. The molecule has 1 saturated heterocycles. The zero-order chi connectivity index (χ0) is 15.4. The summed E-state index contributed by atoms with van der Waals surface area (Å²) in [6.45, 7) is 13.1. The van der Waals surface area contributed by atoms with Crippen LogP contribution in [0.15, 0.2) is 0 Å². The number of hydrogen-bond donors (Lipinski definition) is 1. The summed E-state index contributed by atoms with van der Waals surface area (Å²) in [6, 6.07) is 0.590. The van der Waals surface area contributed by atoms with Gasteiger partial charge >= 0.3 is 0 Å². The Morgan fingerprint density at radius 3 is 2.52 bits per heavy atom. The number of amides is 1. The maximum absolute atomic E-state index is 12.1. The highest BCUT2D eigenvalue weighted by atomic mass is 32.1. The first-order valence-electron chi connectivity index (χ1n) is 7.72. The summed E-state index contributed by atoms with van der Waals surface area (Å²) >= 11 is 1.56. The minimum Gasteiger partial charge on any atom is -0.301 e. The second-order valence-electron chi connectivity index (χ2n) is 5.83. The molecule has 0 saturated carbocycles. The van der Waals surface area contributed by atoms with Gasteiger partial charge in [0.1, 0.15) is 0 Å². The van der Waals surface area contributed by atoms with E-state index in [4.69, 9.17) is 0 Å². The highest BCUT2D eigenvalue weighted by Crippen LogP contribution is 2.22. The van der Waals surface area contributed by atoms with Crippen LogP contribution in [0.4, 0.5) is 5.13 Å². The lowest BCUT2D eigenvalue weighted by molar-refractivity contribution is -0.117. The van der Waals surface area contributed by atoms with Crippen LogP contribution in [0.3, 0.4) is 0 Å². The molecule has 0 atom stereocenters. The quantitative estimate of drug-likeness (QED) is 0.903. The number of aryl methyl sites for hydroxylation is 2. The van der Waals surface area contributed by atoms with Crippen molar-refractivity contribution < 1.29 is 4.79 Å². The van der Waals surface area contributed by atoms with Crippen LogP contribution in [0.1, 0.15) is 31.3 Å². The fourth-order valence-electron chi connectivity index (χ4n) is 2.61. The van der Waals surface area contributed by atoms with Gasteiger partial charge in [0.25, 0.3) is 0 Å². The SMILES string of the molecule is CCc1nc(NC(=O)CN2CCN(C(C)C)CC2)sc1C. The molecule has 1 fully saturated rings. The number of aromatic nitrogens is 1. The molecule has 0 spiro atoms. The van der Waals surface area contributed by atoms with Gasteiger partial charge in [0.05, 0.1) is 12.2 Å². The van der Waals surface area contributed by atoms with Crippen LogP contribution in [0.2, 0.25) is 0 Å². The van der Waals surface area contributed by atoms with Crippen LogP contribution in [0, 0.1) is 6.92 Å². The Morgan fingerprint density at radius 2 is 2.00 bits per heavy atom. The van der Waals surface area contributed by atoms with Gasteiger partial charge in [-0.25, -0.2) is 4.98 Å². The normalized spacial score (nSPS) is 17.4. The molecule has 6 heteroatoms. The van der Waals surface area contributed by atoms with Crippen LogP contribution in [-0.4, -0.2) is 59.5 Å². The van der Waals surface area contributed by atoms with E-state index in [1.54, 1.807) is 11.3 Å². The number of anilines is 1. The van der Waals surface area contributed by atoms with E-state index in [2.05, 4.69) is 47.8 Å². The molecule has 118 valence electrons. The standard InChI is InChI=1S/C15H26N4OS/c1-5-13-12(4)21-15(16-13)17-14(20)10-18-6-8-19(9-7-18)11(2)3/h11H,5-10H2,1-4H3,(H,16,17,20). The van der Waals surface area contributed by atoms with Crippen molar-refractivity contribution in [2.45, 2.75) is 40.2 Å². The molecule has 1 aromatic heterocycles. The number of hydrogen-bond acceptors (Lipinski definition) is 5. The Bertz CT molecular complexity index is 478. The summed E-state index contributed by atoms with van der Waals surface area (Å²) in [4.78, 5) is 22.4. The van der Waals surface area contributed by atoms with Gasteiger partial charge in [-0.2, -0.15) is 0 Å². The van der Waals surface area contributed by atoms with Crippen molar-refractivity contribution in [2.75, 3.05) is 38.0 Å². The molecule has 1 N–H and O–H groups in total. The first-order chi connectivity index (χ1) is 9.99. The molecule has 0 radical (unpaired) electrons. The summed E-state index contributed by atoms with van der Waals surface area (Å²) in [7, 11) is 0. The predicted molar refractivity (Wildman–Crippen MR) is 88.0 cm³/mol. The summed E-state index contributed by atoms with van der Waals surface area (Å²) in [5.74, 6) is 0.0457. The molecule has 1 aromatic rings. The Kier molecular flexibility index (Phi) is 5.72. The minimum absolute atomic E-state index is 0.0457. The minimum atomic E-state index is 0.0457. The number of nitrogens with one attached hydrogen (secondary N) is 1. The third-order valence-electron chi connectivity index (χ3n) is 3.98. The molecule has 5 nitrogen and oxygen atoms in total. The highest BCUT2D eigenvalue weighted by Gasteiger charge is 2.20. The maximum Gasteiger partial charge on any atom is 0.240 e. The molecule has 1 aliphatic rings. The lowest BCUT2D eigenvalue weighted by Gasteiger charge is -2.36. The molecule has 0 aromatic carbocycles. The zero-order valence-electron chi connectivity index (χ0n) is 13.5. The molecule has 1 aliphatic heterocycles. The first kappa shape index (κ1) is 16.4. The van der Waals surface area contributed by atoms with E-state index in [0.29, 0.717) is 12.6 Å². The molecule has 0 aliphatic carbocycles. The molecular formula is C15H26N4OS. The number of piperazine rings is 1. The average molecular weight is 310 g/mol. The van der Waals surface area contributed by atoms with Crippen molar-refractivity contribution in [1.29, 1.82) is 0 Å².